The summed E-state index contributed by atoms with van der Waals surface area (Å²) in [7, 11) is 2.19. The van der Waals surface area contributed by atoms with Gasteiger partial charge < -0.3 is 19.7 Å². The lowest BCUT2D eigenvalue weighted by Crippen LogP contribution is -2.49. The van der Waals surface area contributed by atoms with E-state index in [1.54, 1.807) is 6.20 Å². The molecule has 1 aromatic rings. The van der Waals surface area contributed by atoms with Gasteiger partial charge in [-0.3, -0.25) is 4.79 Å². The molecule has 0 bridgehead atoms. The number of nitrogens with zero attached hydrogens (tertiary/aromatic N) is 3. The number of rotatable bonds is 3. The van der Waals surface area contributed by atoms with Gasteiger partial charge in [0.25, 0.3) is 5.91 Å². The lowest BCUT2D eigenvalue weighted by atomic mass is 9.96. The van der Waals surface area contributed by atoms with E-state index in [0.29, 0.717) is 5.92 Å². The van der Waals surface area contributed by atoms with Gasteiger partial charge in [0.05, 0.1) is 5.56 Å². The second-order valence-corrected chi connectivity index (χ2v) is 6.46. The number of hydrogen-bond acceptors (Lipinski definition) is 3. The average Bonchev–Trinajstić information content (AvgIpc) is 3.03. The van der Waals surface area contributed by atoms with Crippen molar-refractivity contribution in [2.45, 2.75) is 12.8 Å². The summed E-state index contributed by atoms with van der Waals surface area (Å²) in [5.74, 6) is 0.810. The standard InChI is InChI=1S/C16H26N4O/c1-18-7-9-19(10-8-18)12-14-3-2-6-20(13-14)16(21)15-4-5-17-11-15/h4-5,11,14,17H,2-3,6-10,12-13H2,1H3/t14-/m1/s1. The summed E-state index contributed by atoms with van der Waals surface area (Å²) in [6.45, 7) is 7.62. The Hall–Kier alpha value is -1.33. The van der Waals surface area contributed by atoms with Crippen LogP contribution in [0.2, 0.25) is 0 Å². The molecule has 116 valence electrons. The molecular weight excluding hydrogens is 264 g/mol. The third-order valence-electron chi connectivity index (χ3n) is 4.76. The van der Waals surface area contributed by atoms with E-state index in [2.05, 4.69) is 21.8 Å². The molecule has 2 fully saturated rings. The number of hydrogen-bond donors (Lipinski definition) is 1. The molecule has 0 saturated carbocycles. The number of nitrogens with one attached hydrogen (secondary N) is 1. The van der Waals surface area contributed by atoms with Crippen LogP contribution in [0.25, 0.3) is 0 Å². The van der Waals surface area contributed by atoms with Gasteiger partial charge >= 0.3 is 0 Å². The number of piperidine rings is 1. The molecule has 1 aromatic heterocycles. The monoisotopic (exact) mass is 290 g/mol. The molecule has 3 heterocycles. The van der Waals surface area contributed by atoms with Gasteiger partial charge in [0, 0.05) is 58.2 Å². The molecule has 5 heteroatoms. The number of likely N-dealkylation sites (tertiary alicyclic amines) is 1. The van der Waals surface area contributed by atoms with Crippen molar-refractivity contribution in [2.75, 3.05) is 52.9 Å². The molecule has 0 aromatic carbocycles. The van der Waals surface area contributed by atoms with Crippen molar-refractivity contribution >= 4 is 5.91 Å². The van der Waals surface area contributed by atoms with Gasteiger partial charge in [-0.1, -0.05) is 0 Å². The minimum Gasteiger partial charge on any atom is -0.367 e. The highest BCUT2D eigenvalue weighted by atomic mass is 16.2. The predicted octanol–water partition coefficient (Wildman–Crippen LogP) is 1.11. The summed E-state index contributed by atoms with van der Waals surface area (Å²) in [5.41, 5.74) is 0.787. The van der Waals surface area contributed by atoms with E-state index < -0.39 is 0 Å². The number of carbonyl (C=O) groups excluding carboxylic acids is 1. The third-order valence-corrected chi connectivity index (χ3v) is 4.76. The predicted molar refractivity (Wildman–Crippen MR) is 83.4 cm³/mol. The molecule has 1 amide bonds. The van der Waals surface area contributed by atoms with Gasteiger partial charge in [0.2, 0.25) is 0 Å². The summed E-state index contributed by atoms with van der Waals surface area (Å²) in [5, 5.41) is 0. The Morgan fingerprint density at radius 2 is 2.10 bits per heavy atom. The number of carbonyl (C=O) groups is 1. The number of amides is 1. The maximum Gasteiger partial charge on any atom is 0.255 e. The zero-order chi connectivity index (χ0) is 14.7. The summed E-state index contributed by atoms with van der Waals surface area (Å²) in [6, 6.07) is 1.87. The molecular formula is C16H26N4O. The van der Waals surface area contributed by atoms with Crippen LogP contribution < -0.4 is 0 Å². The molecule has 21 heavy (non-hydrogen) atoms. The van der Waals surface area contributed by atoms with E-state index in [1.165, 1.54) is 32.6 Å². The molecule has 5 nitrogen and oxygen atoms in total. The lowest BCUT2D eigenvalue weighted by Gasteiger charge is -2.38. The molecule has 1 atom stereocenters. The molecule has 1 N–H and O–H groups in total. The van der Waals surface area contributed by atoms with Crippen LogP contribution >= 0.6 is 0 Å². The van der Waals surface area contributed by atoms with Gasteiger partial charge in [0.1, 0.15) is 0 Å². The van der Waals surface area contributed by atoms with Crippen LogP contribution in [0.15, 0.2) is 18.5 Å². The van der Waals surface area contributed by atoms with Crippen LogP contribution in [0.4, 0.5) is 0 Å². The average molecular weight is 290 g/mol. The fourth-order valence-corrected chi connectivity index (χ4v) is 3.43. The van der Waals surface area contributed by atoms with E-state index in [-0.39, 0.29) is 5.91 Å². The molecule has 0 unspecified atom stereocenters. The van der Waals surface area contributed by atoms with Crippen molar-refractivity contribution in [2.24, 2.45) is 5.92 Å². The summed E-state index contributed by atoms with van der Waals surface area (Å²) in [6.07, 6.45) is 6.00. The van der Waals surface area contributed by atoms with Crippen LogP contribution in [-0.4, -0.2) is 78.5 Å². The second kappa shape index (κ2) is 6.62. The smallest absolute Gasteiger partial charge is 0.255 e. The Morgan fingerprint density at radius 1 is 1.29 bits per heavy atom. The van der Waals surface area contributed by atoms with Gasteiger partial charge in [-0.25, -0.2) is 0 Å². The second-order valence-electron chi connectivity index (χ2n) is 6.46. The van der Waals surface area contributed by atoms with Crippen molar-refractivity contribution in [1.82, 2.24) is 19.7 Å². The Labute approximate surface area is 126 Å². The fraction of sp³-hybridized carbons (Fsp3) is 0.688. The van der Waals surface area contributed by atoms with Crippen LogP contribution in [0.3, 0.4) is 0 Å². The van der Waals surface area contributed by atoms with Gasteiger partial charge in [-0.15, -0.1) is 0 Å². The Bertz CT molecular complexity index is 451. The number of piperazine rings is 1. The molecule has 0 radical (unpaired) electrons. The lowest BCUT2D eigenvalue weighted by molar-refractivity contribution is 0.0609. The van der Waals surface area contributed by atoms with Crippen molar-refractivity contribution in [1.29, 1.82) is 0 Å². The topological polar surface area (TPSA) is 42.6 Å². The van der Waals surface area contributed by atoms with Crippen LogP contribution in [0, 0.1) is 5.92 Å². The summed E-state index contributed by atoms with van der Waals surface area (Å²) in [4.78, 5) is 22.4. The zero-order valence-electron chi connectivity index (χ0n) is 12.9. The molecule has 2 aliphatic rings. The van der Waals surface area contributed by atoms with Crippen molar-refractivity contribution in [3.63, 3.8) is 0 Å². The minimum absolute atomic E-state index is 0.180. The largest absolute Gasteiger partial charge is 0.367 e. The highest BCUT2D eigenvalue weighted by molar-refractivity contribution is 5.94. The molecule has 2 saturated heterocycles. The normalized spacial score (nSPS) is 25.2. The van der Waals surface area contributed by atoms with E-state index in [0.717, 1.165) is 31.6 Å². The van der Waals surface area contributed by atoms with Crippen LogP contribution in [0.5, 0.6) is 0 Å². The fourth-order valence-electron chi connectivity index (χ4n) is 3.43. The van der Waals surface area contributed by atoms with Crippen molar-refractivity contribution in [3.8, 4) is 0 Å². The first-order valence-electron chi connectivity index (χ1n) is 8.05. The molecule has 2 aliphatic heterocycles. The maximum absolute atomic E-state index is 12.4. The highest BCUT2D eigenvalue weighted by Gasteiger charge is 2.26. The zero-order valence-corrected chi connectivity index (χ0v) is 12.9. The number of likely N-dealkylation sites (N-methyl/N-ethyl adjacent to an activating group) is 1. The van der Waals surface area contributed by atoms with E-state index >= 15 is 0 Å². The van der Waals surface area contributed by atoms with Crippen LogP contribution in [0.1, 0.15) is 23.2 Å². The van der Waals surface area contributed by atoms with E-state index in [4.69, 9.17) is 0 Å². The summed E-state index contributed by atoms with van der Waals surface area (Å²) >= 11 is 0. The maximum atomic E-state index is 12.4. The number of H-pyrrole nitrogens is 1. The van der Waals surface area contributed by atoms with E-state index in [1.807, 2.05) is 17.2 Å². The first-order valence-corrected chi connectivity index (χ1v) is 8.05. The Kier molecular flexibility index (Phi) is 4.60. The third kappa shape index (κ3) is 3.66. The van der Waals surface area contributed by atoms with Crippen LogP contribution in [-0.2, 0) is 0 Å². The number of aromatic amines is 1. The van der Waals surface area contributed by atoms with Gasteiger partial charge in [-0.05, 0) is 31.9 Å². The first-order chi connectivity index (χ1) is 10.2. The minimum atomic E-state index is 0.180. The van der Waals surface area contributed by atoms with Gasteiger partial charge in [-0.2, -0.15) is 0 Å². The molecule has 3 rings (SSSR count). The first kappa shape index (κ1) is 14.6. The molecule has 0 aliphatic carbocycles. The number of aromatic nitrogens is 1. The Balaban J connectivity index is 1.52. The van der Waals surface area contributed by atoms with E-state index in [9.17, 15) is 4.79 Å². The SMILES string of the molecule is CN1CCN(C[C@H]2CCCN(C(=O)c3cc[nH]c3)C2)CC1. The Morgan fingerprint density at radius 3 is 2.81 bits per heavy atom. The quantitative estimate of drug-likeness (QED) is 0.907. The van der Waals surface area contributed by atoms with Gasteiger partial charge in [0.15, 0.2) is 0 Å². The van der Waals surface area contributed by atoms with Crippen molar-refractivity contribution in [3.05, 3.63) is 24.0 Å². The molecule has 0 spiro atoms. The highest BCUT2D eigenvalue weighted by Crippen LogP contribution is 2.20. The summed E-state index contributed by atoms with van der Waals surface area (Å²) < 4.78 is 0. The van der Waals surface area contributed by atoms with Crippen molar-refractivity contribution < 1.29 is 4.79 Å².